The molecule has 0 aliphatic carbocycles. The molecular formula is C26H28F2N2O4. The average molecular weight is 471 g/mol. The maximum Gasteiger partial charge on any atom is 0.414 e. The van der Waals surface area contributed by atoms with Crippen molar-refractivity contribution in [1.29, 1.82) is 0 Å². The van der Waals surface area contributed by atoms with E-state index in [-0.39, 0.29) is 37.4 Å². The summed E-state index contributed by atoms with van der Waals surface area (Å²) in [6, 6.07) is 10.4. The van der Waals surface area contributed by atoms with Gasteiger partial charge in [-0.3, -0.25) is 4.90 Å². The molecular weight excluding hydrogens is 442 g/mol. The number of anilines is 1. The summed E-state index contributed by atoms with van der Waals surface area (Å²) in [4.78, 5) is 27.6. The molecule has 2 aromatic carbocycles. The molecule has 4 rings (SSSR count). The molecule has 2 aliphatic heterocycles. The van der Waals surface area contributed by atoms with E-state index in [0.29, 0.717) is 24.1 Å². The highest BCUT2D eigenvalue weighted by molar-refractivity contribution is 5.91. The Morgan fingerprint density at radius 2 is 1.76 bits per heavy atom. The second-order valence-corrected chi connectivity index (χ2v) is 9.39. The standard InChI is InChI=1S/C26H28F2N2O4/c1-26(2,3)34-24(31)29-12-9-18(10-13-29)22-20(27)15-21-19(23(22)28)11-14-30(21)25(32)33-16-17-7-5-4-6-8-17/h4-9,15H,10-14,16H2,1-3H3. The summed E-state index contributed by atoms with van der Waals surface area (Å²) in [5.74, 6) is -1.40. The molecule has 2 aromatic rings. The molecule has 2 aliphatic rings. The average Bonchev–Trinajstić information content (AvgIpc) is 3.21. The van der Waals surface area contributed by atoms with Crippen LogP contribution in [-0.4, -0.2) is 42.3 Å². The molecule has 180 valence electrons. The van der Waals surface area contributed by atoms with E-state index < -0.39 is 29.4 Å². The van der Waals surface area contributed by atoms with Gasteiger partial charge in [-0.1, -0.05) is 36.4 Å². The summed E-state index contributed by atoms with van der Waals surface area (Å²) in [7, 11) is 0. The molecule has 0 saturated heterocycles. The molecule has 0 atom stereocenters. The normalized spacial score (nSPS) is 15.6. The molecule has 0 bridgehead atoms. The maximum atomic E-state index is 15.4. The van der Waals surface area contributed by atoms with Gasteiger partial charge in [0, 0.05) is 30.8 Å². The van der Waals surface area contributed by atoms with Gasteiger partial charge in [0.05, 0.1) is 5.69 Å². The van der Waals surface area contributed by atoms with Gasteiger partial charge in [0.2, 0.25) is 0 Å². The zero-order chi connectivity index (χ0) is 24.5. The minimum Gasteiger partial charge on any atom is -0.444 e. The highest BCUT2D eigenvalue weighted by Gasteiger charge is 2.33. The highest BCUT2D eigenvalue weighted by Crippen LogP contribution is 2.38. The quantitative estimate of drug-likeness (QED) is 0.578. The van der Waals surface area contributed by atoms with Crippen LogP contribution in [0.2, 0.25) is 0 Å². The molecule has 0 N–H and O–H groups in total. The lowest BCUT2D eigenvalue weighted by Crippen LogP contribution is -2.39. The first-order valence-corrected chi connectivity index (χ1v) is 11.3. The number of fused-ring (bicyclic) bond motifs is 1. The fraction of sp³-hybridized carbons (Fsp3) is 0.385. The van der Waals surface area contributed by atoms with E-state index >= 15 is 8.78 Å². The minimum absolute atomic E-state index is 0.0790. The topological polar surface area (TPSA) is 59.1 Å². The zero-order valence-electron chi connectivity index (χ0n) is 19.6. The Kier molecular flexibility index (Phi) is 6.59. The Morgan fingerprint density at radius 1 is 1.03 bits per heavy atom. The minimum atomic E-state index is -0.740. The number of hydrogen-bond acceptors (Lipinski definition) is 4. The number of halogens is 2. The molecule has 2 amide bonds. The van der Waals surface area contributed by atoms with Crippen LogP contribution in [0.25, 0.3) is 5.57 Å². The van der Waals surface area contributed by atoms with E-state index in [0.717, 1.165) is 5.56 Å². The molecule has 2 heterocycles. The van der Waals surface area contributed by atoms with Crippen molar-refractivity contribution in [3.05, 3.63) is 70.8 Å². The van der Waals surface area contributed by atoms with Crippen molar-refractivity contribution in [3.63, 3.8) is 0 Å². The lowest BCUT2D eigenvalue weighted by atomic mass is 9.95. The van der Waals surface area contributed by atoms with Gasteiger partial charge in [-0.25, -0.2) is 18.4 Å². The molecule has 0 spiro atoms. The van der Waals surface area contributed by atoms with Crippen molar-refractivity contribution in [2.75, 3.05) is 24.5 Å². The van der Waals surface area contributed by atoms with Crippen molar-refractivity contribution in [1.82, 2.24) is 4.90 Å². The third kappa shape index (κ3) is 5.05. The van der Waals surface area contributed by atoms with Crippen molar-refractivity contribution >= 4 is 23.4 Å². The second-order valence-electron chi connectivity index (χ2n) is 9.39. The molecule has 0 radical (unpaired) electrons. The van der Waals surface area contributed by atoms with Crippen LogP contribution in [0.1, 0.15) is 43.9 Å². The Balaban J connectivity index is 1.49. The van der Waals surface area contributed by atoms with Crippen molar-refractivity contribution in [2.45, 2.75) is 45.8 Å². The number of hydrogen-bond donors (Lipinski definition) is 0. The molecule has 0 unspecified atom stereocenters. The SMILES string of the molecule is CC(C)(C)OC(=O)N1CC=C(c2c(F)cc3c(c2F)CCN3C(=O)OCc2ccccc2)CC1. The number of carbonyl (C=O) groups is 2. The van der Waals surface area contributed by atoms with Crippen LogP contribution in [0.3, 0.4) is 0 Å². The van der Waals surface area contributed by atoms with E-state index in [2.05, 4.69) is 0 Å². The van der Waals surface area contributed by atoms with Gasteiger partial charge >= 0.3 is 12.2 Å². The van der Waals surface area contributed by atoms with Gasteiger partial charge in [-0.05, 0) is 50.8 Å². The smallest absolute Gasteiger partial charge is 0.414 e. The Hall–Kier alpha value is -3.42. The zero-order valence-corrected chi connectivity index (χ0v) is 19.6. The predicted octanol–water partition coefficient (Wildman–Crippen LogP) is 5.69. The first-order chi connectivity index (χ1) is 16.1. The van der Waals surface area contributed by atoms with E-state index in [1.165, 1.54) is 15.9 Å². The number of benzene rings is 2. The van der Waals surface area contributed by atoms with Gasteiger partial charge in [-0.15, -0.1) is 0 Å². The van der Waals surface area contributed by atoms with E-state index in [9.17, 15) is 9.59 Å². The monoisotopic (exact) mass is 470 g/mol. The summed E-state index contributed by atoms with van der Waals surface area (Å²) in [5, 5.41) is 0. The van der Waals surface area contributed by atoms with Crippen molar-refractivity contribution in [2.24, 2.45) is 0 Å². The number of carbonyl (C=O) groups excluding carboxylic acids is 2. The highest BCUT2D eigenvalue weighted by atomic mass is 19.1. The summed E-state index contributed by atoms with van der Waals surface area (Å²) >= 11 is 0. The first kappa shape index (κ1) is 23.7. The number of rotatable bonds is 3. The predicted molar refractivity (Wildman–Crippen MR) is 124 cm³/mol. The number of ether oxygens (including phenoxy) is 2. The number of nitrogens with zero attached hydrogens (tertiary/aromatic N) is 2. The summed E-state index contributed by atoms with van der Waals surface area (Å²) < 4.78 is 41.2. The van der Waals surface area contributed by atoms with Crippen LogP contribution >= 0.6 is 0 Å². The molecule has 0 fully saturated rings. The third-order valence-corrected chi connectivity index (χ3v) is 5.78. The summed E-state index contributed by atoms with van der Waals surface area (Å²) in [6.07, 6.45) is 1.13. The van der Waals surface area contributed by atoms with Gasteiger partial charge in [0.15, 0.2) is 0 Å². The number of amides is 2. The Bertz CT molecular complexity index is 1130. The first-order valence-electron chi connectivity index (χ1n) is 11.3. The van der Waals surface area contributed by atoms with Gasteiger partial charge < -0.3 is 14.4 Å². The van der Waals surface area contributed by atoms with Crippen LogP contribution in [0.5, 0.6) is 0 Å². The summed E-state index contributed by atoms with van der Waals surface area (Å²) in [5.41, 5.74) is 1.11. The van der Waals surface area contributed by atoms with Crippen LogP contribution in [0.4, 0.5) is 24.1 Å². The van der Waals surface area contributed by atoms with E-state index in [1.807, 2.05) is 30.3 Å². The third-order valence-electron chi connectivity index (χ3n) is 5.78. The molecule has 34 heavy (non-hydrogen) atoms. The Morgan fingerprint density at radius 3 is 2.41 bits per heavy atom. The summed E-state index contributed by atoms with van der Waals surface area (Å²) in [6.45, 7) is 6.15. The molecule has 0 aromatic heterocycles. The van der Waals surface area contributed by atoms with Crippen molar-refractivity contribution < 1.29 is 27.8 Å². The molecule has 6 nitrogen and oxygen atoms in total. The van der Waals surface area contributed by atoms with Gasteiger partial charge in [0.25, 0.3) is 0 Å². The Labute approximate surface area is 197 Å². The molecule has 0 saturated carbocycles. The van der Waals surface area contributed by atoms with Gasteiger partial charge in [0.1, 0.15) is 23.8 Å². The van der Waals surface area contributed by atoms with Crippen LogP contribution in [0, 0.1) is 11.6 Å². The molecule has 8 heteroatoms. The fourth-order valence-corrected chi connectivity index (χ4v) is 4.14. The van der Waals surface area contributed by atoms with Gasteiger partial charge in [-0.2, -0.15) is 0 Å². The second kappa shape index (κ2) is 9.44. The largest absolute Gasteiger partial charge is 0.444 e. The van der Waals surface area contributed by atoms with Crippen LogP contribution in [0.15, 0.2) is 42.5 Å². The van der Waals surface area contributed by atoms with E-state index in [4.69, 9.17) is 9.47 Å². The fourth-order valence-electron chi connectivity index (χ4n) is 4.14. The lowest BCUT2D eigenvalue weighted by molar-refractivity contribution is 0.0270. The maximum absolute atomic E-state index is 15.4. The van der Waals surface area contributed by atoms with Crippen LogP contribution in [-0.2, 0) is 22.5 Å². The van der Waals surface area contributed by atoms with Crippen molar-refractivity contribution in [3.8, 4) is 0 Å². The van der Waals surface area contributed by atoms with E-state index in [1.54, 1.807) is 26.8 Å². The lowest BCUT2D eigenvalue weighted by Gasteiger charge is -2.30. The van der Waals surface area contributed by atoms with Crippen LogP contribution < -0.4 is 4.90 Å².